The van der Waals surface area contributed by atoms with Gasteiger partial charge < -0.3 is 0 Å². The summed E-state index contributed by atoms with van der Waals surface area (Å²) in [5.74, 6) is 0.240. The lowest BCUT2D eigenvalue weighted by atomic mass is 9.89. The number of nitrogens with zero attached hydrogens (tertiary/aromatic N) is 1. The SMILES string of the molecule is Cc1ccc(C(=O)C(C)(C)N2CCCCC2)cc1. The van der Waals surface area contributed by atoms with Crippen LogP contribution in [-0.4, -0.2) is 29.3 Å². The van der Waals surface area contributed by atoms with E-state index in [9.17, 15) is 4.79 Å². The van der Waals surface area contributed by atoms with Crippen LogP contribution >= 0.6 is 0 Å². The fourth-order valence-electron chi connectivity index (χ4n) is 2.65. The molecule has 0 atom stereocenters. The molecule has 1 heterocycles. The smallest absolute Gasteiger partial charge is 0.182 e. The fourth-order valence-corrected chi connectivity index (χ4v) is 2.65. The molecule has 0 unspecified atom stereocenters. The van der Waals surface area contributed by atoms with Gasteiger partial charge in [-0.2, -0.15) is 0 Å². The van der Waals surface area contributed by atoms with Crippen molar-refractivity contribution in [2.24, 2.45) is 0 Å². The van der Waals surface area contributed by atoms with E-state index in [1.165, 1.54) is 24.8 Å². The van der Waals surface area contributed by atoms with Crippen LogP contribution in [0.5, 0.6) is 0 Å². The molecule has 1 fully saturated rings. The summed E-state index contributed by atoms with van der Waals surface area (Å²) in [6.07, 6.45) is 3.72. The maximum atomic E-state index is 12.6. The van der Waals surface area contributed by atoms with Crippen molar-refractivity contribution in [3.63, 3.8) is 0 Å². The quantitative estimate of drug-likeness (QED) is 0.760. The number of carbonyl (C=O) groups excluding carboxylic acids is 1. The molecule has 98 valence electrons. The molecule has 0 amide bonds. The minimum absolute atomic E-state index is 0.240. The van der Waals surface area contributed by atoms with Gasteiger partial charge >= 0.3 is 0 Å². The van der Waals surface area contributed by atoms with Crippen LogP contribution in [0.3, 0.4) is 0 Å². The first-order valence-electron chi connectivity index (χ1n) is 6.88. The third kappa shape index (κ3) is 2.64. The Labute approximate surface area is 110 Å². The van der Waals surface area contributed by atoms with Gasteiger partial charge in [0.2, 0.25) is 0 Å². The molecule has 0 N–H and O–H groups in total. The summed E-state index contributed by atoms with van der Waals surface area (Å²) in [5.41, 5.74) is 1.65. The zero-order chi connectivity index (χ0) is 13.2. The molecule has 0 bridgehead atoms. The molecule has 0 saturated carbocycles. The second-order valence-corrected chi connectivity index (χ2v) is 5.80. The van der Waals surface area contributed by atoms with E-state index < -0.39 is 0 Å². The summed E-state index contributed by atoms with van der Waals surface area (Å²) in [5, 5.41) is 0. The van der Waals surface area contributed by atoms with Crippen LogP contribution in [0.2, 0.25) is 0 Å². The topological polar surface area (TPSA) is 20.3 Å². The molecule has 18 heavy (non-hydrogen) atoms. The van der Waals surface area contributed by atoms with Crippen molar-refractivity contribution in [3.8, 4) is 0 Å². The summed E-state index contributed by atoms with van der Waals surface area (Å²) in [4.78, 5) is 15.0. The van der Waals surface area contributed by atoms with Gasteiger partial charge in [0.1, 0.15) is 0 Å². The van der Waals surface area contributed by atoms with E-state index in [2.05, 4.69) is 18.7 Å². The summed E-state index contributed by atoms with van der Waals surface area (Å²) in [7, 11) is 0. The predicted octanol–water partition coefficient (Wildman–Crippen LogP) is 3.44. The number of benzene rings is 1. The number of piperidine rings is 1. The average Bonchev–Trinajstić information content (AvgIpc) is 2.40. The first kappa shape index (κ1) is 13.3. The zero-order valence-corrected chi connectivity index (χ0v) is 11.7. The van der Waals surface area contributed by atoms with Crippen LogP contribution in [0.25, 0.3) is 0 Å². The summed E-state index contributed by atoms with van der Waals surface area (Å²) < 4.78 is 0. The van der Waals surface area contributed by atoms with Crippen molar-refractivity contribution >= 4 is 5.78 Å². The Kier molecular flexibility index (Phi) is 3.86. The van der Waals surface area contributed by atoms with Gasteiger partial charge in [0.25, 0.3) is 0 Å². The van der Waals surface area contributed by atoms with Crippen molar-refractivity contribution in [1.82, 2.24) is 4.90 Å². The molecule has 1 aromatic rings. The zero-order valence-electron chi connectivity index (χ0n) is 11.7. The van der Waals surface area contributed by atoms with Crippen LogP contribution in [0.15, 0.2) is 24.3 Å². The van der Waals surface area contributed by atoms with Crippen LogP contribution in [-0.2, 0) is 0 Å². The Hall–Kier alpha value is -1.15. The molecule has 2 nitrogen and oxygen atoms in total. The molecule has 0 radical (unpaired) electrons. The standard InChI is InChI=1S/C16H23NO/c1-13-7-9-14(10-8-13)15(18)16(2,3)17-11-5-4-6-12-17/h7-10H,4-6,11-12H2,1-3H3. The van der Waals surface area contributed by atoms with Crippen LogP contribution in [0, 0.1) is 6.92 Å². The number of carbonyl (C=O) groups is 1. The lowest BCUT2D eigenvalue weighted by Gasteiger charge is -2.39. The van der Waals surface area contributed by atoms with Gasteiger partial charge in [-0.15, -0.1) is 0 Å². The highest BCUT2D eigenvalue weighted by atomic mass is 16.1. The van der Waals surface area contributed by atoms with Gasteiger partial charge in [0.15, 0.2) is 5.78 Å². The van der Waals surface area contributed by atoms with Crippen molar-refractivity contribution in [3.05, 3.63) is 35.4 Å². The van der Waals surface area contributed by atoms with Crippen LogP contribution in [0.1, 0.15) is 49.0 Å². The van der Waals surface area contributed by atoms with Crippen molar-refractivity contribution in [1.29, 1.82) is 0 Å². The Morgan fingerprint density at radius 2 is 1.61 bits per heavy atom. The highest BCUT2D eigenvalue weighted by Gasteiger charge is 2.35. The highest BCUT2D eigenvalue weighted by Crippen LogP contribution is 2.24. The Bertz CT molecular complexity index is 413. The van der Waals surface area contributed by atoms with E-state index in [1.54, 1.807) is 0 Å². The minimum Gasteiger partial charge on any atom is -0.292 e. The average molecular weight is 245 g/mol. The minimum atomic E-state index is -0.379. The lowest BCUT2D eigenvalue weighted by Crippen LogP contribution is -2.52. The van der Waals surface area contributed by atoms with Gasteiger partial charge in [-0.25, -0.2) is 0 Å². The van der Waals surface area contributed by atoms with E-state index in [1.807, 2.05) is 31.2 Å². The van der Waals surface area contributed by atoms with E-state index in [-0.39, 0.29) is 11.3 Å². The first-order valence-corrected chi connectivity index (χ1v) is 6.88. The van der Waals surface area contributed by atoms with E-state index in [4.69, 9.17) is 0 Å². The molecule has 2 heteroatoms. The largest absolute Gasteiger partial charge is 0.292 e. The third-order valence-corrected chi connectivity index (χ3v) is 4.02. The number of hydrogen-bond acceptors (Lipinski definition) is 2. The molecular weight excluding hydrogens is 222 g/mol. The number of hydrogen-bond donors (Lipinski definition) is 0. The maximum absolute atomic E-state index is 12.6. The van der Waals surface area contributed by atoms with Gasteiger partial charge in [0, 0.05) is 5.56 Å². The van der Waals surface area contributed by atoms with Crippen LogP contribution in [0.4, 0.5) is 0 Å². The summed E-state index contributed by atoms with van der Waals surface area (Å²) in [6, 6.07) is 7.92. The van der Waals surface area contributed by atoms with Gasteiger partial charge in [-0.1, -0.05) is 36.2 Å². The highest BCUT2D eigenvalue weighted by molar-refractivity contribution is 6.02. The molecule has 1 aromatic carbocycles. The molecule has 1 aliphatic rings. The Morgan fingerprint density at radius 1 is 1.06 bits per heavy atom. The monoisotopic (exact) mass is 245 g/mol. The molecule has 1 saturated heterocycles. The van der Waals surface area contributed by atoms with Gasteiger partial charge in [-0.3, -0.25) is 9.69 Å². The molecule has 0 aromatic heterocycles. The number of Topliss-reactive ketones (excluding diaryl/α,β-unsaturated/α-hetero) is 1. The maximum Gasteiger partial charge on any atom is 0.182 e. The molecule has 0 spiro atoms. The van der Waals surface area contributed by atoms with Gasteiger partial charge in [-0.05, 0) is 46.7 Å². The van der Waals surface area contributed by atoms with Crippen LogP contribution < -0.4 is 0 Å². The van der Waals surface area contributed by atoms with Crippen molar-refractivity contribution < 1.29 is 4.79 Å². The van der Waals surface area contributed by atoms with E-state index >= 15 is 0 Å². The predicted molar refractivity (Wildman–Crippen MR) is 75.0 cm³/mol. The third-order valence-electron chi connectivity index (χ3n) is 4.02. The van der Waals surface area contributed by atoms with Crippen molar-refractivity contribution in [2.45, 2.75) is 45.6 Å². The molecule has 0 aliphatic carbocycles. The Balaban J connectivity index is 2.17. The molecule has 1 aliphatic heterocycles. The first-order chi connectivity index (χ1) is 8.51. The fraction of sp³-hybridized carbons (Fsp3) is 0.562. The van der Waals surface area contributed by atoms with Gasteiger partial charge in [0.05, 0.1) is 5.54 Å². The molecule has 2 rings (SSSR count). The normalized spacial score (nSPS) is 17.7. The summed E-state index contributed by atoms with van der Waals surface area (Å²) >= 11 is 0. The number of likely N-dealkylation sites (tertiary alicyclic amines) is 1. The number of rotatable bonds is 3. The van der Waals surface area contributed by atoms with E-state index in [0.717, 1.165) is 18.7 Å². The summed E-state index contributed by atoms with van der Waals surface area (Å²) in [6.45, 7) is 8.25. The molecular formula is C16H23NO. The van der Waals surface area contributed by atoms with E-state index in [0.29, 0.717) is 0 Å². The van der Waals surface area contributed by atoms with Crippen molar-refractivity contribution in [2.75, 3.05) is 13.1 Å². The second-order valence-electron chi connectivity index (χ2n) is 5.80. The number of ketones is 1. The Morgan fingerprint density at radius 3 is 2.17 bits per heavy atom. The second kappa shape index (κ2) is 5.23. The number of aryl methyl sites for hydroxylation is 1. The lowest BCUT2D eigenvalue weighted by molar-refractivity contribution is 0.0579.